The van der Waals surface area contributed by atoms with Crippen molar-refractivity contribution in [2.75, 3.05) is 20.3 Å². The van der Waals surface area contributed by atoms with Crippen LogP contribution >= 0.6 is 47.8 Å². The predicted molar refractivity (Wildman–Crippen MR) is 96.4 cm³/mol. The van der Waals surface area contributed by atoms with Gasteiger partial charge >= 0.3 is 0 Å². The second-order valence-electron chi connectivity index (χ2n) is 4.45. The lowest BCUT2D eigenvalue weighted by molar-refractivity contribution is 0.146. The van der Waals surface area contributed by atoms with Crippen molar-refractivity contribution in [2.24, 2.45) is 0 Å². The molecule has 0 saturated heterocycles. The van der Waals surface area contributed by atoms with Gasteiger partial charge in [0.1, 0.15) is 12.4 Å². The number of halogens is 3. The van der Waals surface area contributed by atoms with Gasteiger partial charge in [0.25, 0.3) is 0 Å². The summed E-state index contributed by atoms with van der Waals surface area (Å²) in [5, 5.41) is 0. The predicted octanol–water partition coefficient (Wildman–Crippen LogP) is 5.72. The normalized spacial score (nSPS) is 12.2. The zero-order chi connectivity index (χ0) is 15.2. The van der Waals surface area contributed by atoms with E-state index >= 15 is 0 Å². The average Bonchev–Trinajstić information content (AvgIpc) is 2.49. The highest BCUT2D eigenvalue weighted by Crippen LogP contribution is 2.35. The summed E-state index contributed by atoms with van der Waals surface area (Å²) < 4.78 is 12.6. The van der Waals surface area contributed by atoms with Crippen LogP contribution in [0, 0.1) is 0 Å². The zero-order valence-electron chi connectivity index (χ0n) is 11.5. The number of methoxy groups -OCH3 is 1. The van der Waals surface area contributed by atoms with Crippen LogP contribution in [0.4, 0.5) is 0 Å². The minimum Gasteiger partial charge on any atom is -0.490 e. The van der Waals surface area contributed by atoms with Gasteiger partial charge in [0.2, 0.25) is 0 Å². The number of hydrogen-bond acceptors (Lipinski definition) is 2. The molecule has 1 unspecified atom stereocenters. The van der Waals surface area contributed by atoms with E-state index in [9.17, 15) is 0 Å². The average molecular weight is 479 g/mol. The van der Waals surface area contributed by atoms with E-state index in [1.165, 1.54) is 11.1 Å². The number of alkyl halides is 1. The Hall–Kier alpha value is -0.360. The van der Waals surface area contributed by atoms with Crippen LogP contribution in [-0.4, -0.2) is 20.3 Å². The lowest BCUT2D eigenvalue weighted by atomic mass is 10.0. The molecular weight excluding hydrogens is 464 g/mol. The first kappa shape index (κ1) is 17.0. The molecule has 2 nitrogen and oxygen atoms in total. The fourth-order valence-electron chi connectivity index (χ4n) is 1.85. The molecule has 2 aromatic carbocycles. The van der Waals surface area contributed by atoms with Gasteiger partial charge in [-0.3, -0.25) is 0 Å². The maximum Gasteiger partial charge on any atom is 0.133 e. The number of benzene rings is 2. The van der Waals surface area contributed by atoms with Crippen LogP contribution in [0.25, 0.3) is 0 Å². The molecule has 0 aliphatic heterocycles. The molecule has 5 heteroatoms. The molecule has 21 heavy (non-hydrogen) atoms. The van der Waals surface area contributed by atoms with Crippen molar-refractivity contribution in [3.05, 3.63) is 62.5 Å². The molecule has 0 fully saturated rings. The van der Waals surface area contributed by atoms with Gasteiger partial charge in [-0.25, -0.2) is 0 Å². The van der Waals surface area contributed by atoms with Crippen molar-refractivity contribution in [2.45, 2.75) is 4.83 Å². The largest absolute Gasteiger partial charge is 0.490 e. The van der Waals surface area contributed by atoms with Crippen LogP contribution in [0.3, 0.4) is 0 Å². The van der Waals surface area contributed by atoms with Crippen LogP contribution in [-0.2, 0) is 4.74 Å². The van der Waals surface area contributed by atoms with Gasteiger partial charge in [0, 0.05) is 11.6 Å². The second-order valence-corrected chi connectivity index (χ2v) is 7.13. The minimum atomic E-state index is 0.148. The van der Waals surface area contributed by atoms with Crippen LogP contribution in [0.15, 0.2) is 51.4 Å². The van der Waals surface area contributed by atoms with E-state index in [-0.39, 0.29) is 4.83 Å². The van der Waals surface area contributed by atoms with Gasteiger partial charge in [-0.15, -0.1) is 0 Å². The molecule has 0 spiro atoms. The third kappa shape index (κ3) is 4.81. The maximum absolute atomic E-state index is 5.64. The Morgan fingerprint density at radius 3 is 2.24 bits per heavy atom. The summed E-state index contributed by atoms with van der Waals surface area (Å²) >= 11 is 10.8. The lowest BCUT2D eigenvalue weighted by Gasteiger charge is -2.14. The van der Waals surface area contributed by atoms with Crippen molar-refractivity contribution in [1.82, 2.24) is 0 Å². The first-order valence-electron chi connectivity index (χ1n) is 6.42. The number of hydrogen-bond donors (Lipinski definition) is 0. The maximum atomic E-state index is 5.64. The van der Waals surface area contributed by atoms with Crippen molar-refractivity contribution in [1.29, 1.82) is 0 Å². The Balaban J connectivity index is 2.13. The molecule has 0 heterocycles. The number of ether oxygens (including phenoxy) is 2. The smallest absolute Gasteiger partial charge is 0.133 e. The number of rotatable bonds is 6. The highest BCUT2D eigenvalue weighted by Gasteiger charge is 2.12. The van der Waals surface area contributed by atoms with Crippen molar-refractivity contribution >= 4 is 47.8 Å². The topological polar surface area (TPSA) is 18.5 Å². The summed E-state index contributed by atoms with van der Waals surface area (Å²) in [5.74, 6) is 0.825. The van der Waals surface area contributed by atoms with E-state index in [2.05, 4.69) is 72.1 Å². The molecule has 0 bridgehead atoms. The lowest BCUT2D eigenvalue weighted by Crippen LogP contribution is -2.04. The van der Waals surface area contributed by atoms with E-state index in [4.69, 9.17) is 9.47 Å². The summed E-state index contributed by atoms with van der Waals surface area (Å²) in [6.45, 7) is 1.12. The van der Waals surface area contributed by atoms with E-state index in [0.717, 1.165) is 14.7 Å². The van der Waals surface area contributed by atoms with Crippen molar-refractivity contribution in [3.63, 3.8) is 0 Å². The first-order chi connectivity index (χ1) is 10.1. The monoisotopic (exact) mass is 476 g/mol. The first-order valence-corrected chi connectivity index (χ1v) is 8.92. The Bertz CT molecular complexity index is 585. The summed E-state index contributed by atoms with van der Waals surface area (Å²) in [7, 11) is 1.66. The Kier molecular flexibility index (Phi) is 6.74. The molecule has 0 aliphatic rings. The van der Waals surface area contributed by atoms with Gasteiger partial charge < -0.3 is 9.47 Å². The molecule has 112 valence electrons. The van der Waals surface area contributed by atoms with Gasteiger partial charge in [-0.1, -0.05) is 50.1 Å². The summed E-state index contributed by atoms with van der Waals surface area (Å²) in [5.41, 5.74) is 2.38. The molecule has 0 aromatic heterocycles. The van der Waals surface area contributed by atoms with E-state index in [1.54, 1.807) is 7.11 Å². The molecular formula is C16H15Br3O2. The zero-order valence-corrected chi connectivity index (χ0v) is 16.2. The highest BCUT2D eigenvalue weighted by molar-refractivity contribution is 9.11. The third-order valence-electron chi connectivity index (χ3n) is 2.96. The Labute approximate surface area is 150 Å². The summed E-state index contributed by atoms with van der Waals surface area (Å²) in [6, 6.07) is 14.4. The Morgan fingerprint density at radius 1 is 0.952 bits per heavy atom. The minimum absolute atomic E-state index is 0.148. The van der Waals surface area contributed by atoms with E-state index in [1.807, 2.05) is 18.2 Å². The quantitative estimate of drug-likeness (QED) is 0.390. The summed E-state index contributed by atoms with van der Waals surface area (Å²) in [4.78, 5) is 0.148. The van der Waals surface area contributed by atoms with Crippen molar-refractivity contribution in [3.8, 4) is 5.75 Å². The van der Waals surface area contributed by atoms with Crippen LogP contribution < -0.4 is 4.74 Å². The van der Waals surface area contributed by atoms with Crippen LogP contribution in [0.5, 0.6) is 5.75 Å². The molecule has 0 saturated carbocycles. The second kappa shape index (κ2) is 8.32. The van der Waals surface area contributed by atoms with Crippen LogP contribution in [0.2, 0.25) is 0 Å². The highest BCUT2D eigenvalue weighted by atomic mass is 79.9. The van der Waals surface area contributed by atoms with Gasteiger partial charge in [-0.2, -0.15) is 0 Å². The standard InChI is InChI=1S/C16H15Br3O2/c1-20-8-9-21-15-7-4-12(10-14(15)18)16(19)11-2-5-13(17)6-3-11/h2-7,10,16H,8-9H2,1H3. The Morgan fingerprint density at radius 2 is 1.62 bits per heavy atom. The molecule has 0 amide bonds. The molecule has 0 aliphatic carbocycles. The molecule has 2 rings (SSSR count). The molecule has 1 atom stereocenters. The van der Waals surface area contributed by atoms with E-state index < -0.39 is 0 Å². The SMILES string of the molecule is COCCOc1ccc(C(Br)c2ccc(Br)cc2)cc1Br. The summed E-state index contributed by atoms with van der Waals surface area (Å²) in [6.07, 6.45) is 0. The molecule has 2 aromatic rings. The molecule has 0 N–H and O–H groups in total. The molecule has 0 radical (unpaired) electrons. The fourth-order valence-corrected chi connectivity index (χ4v) is 3.22. The fraction of sp³-hybridized carbons (Fsp3) is 0.250. The van der Waals surface area contributed by atoms with Crippen molar-refractivity contribution < 1.29 is 9.47 Å². The van der Waals surface area contributed by atoms with Crippen LogP contribution in [0.1, 0.15) is 16.0 Å². The van der Waals surface area contributed by atoms with E-state index in [0.29, 0.717) is 13.2 Å². The van der Waals surface area contributed by atoms with Gasteiger partial charge in [0.05, 0.1) is 15.9 Å². The van der Waals surface area contributed by atoms with Gasteiger partial charge in [-0.05, 0) is 51.3 Å². The van der Waals surface area contributed by atoms with Gasteiger partial charge in [0.15, 0.2) is 0 Å². The third-order valence-corrected chi connectivity index (χ3v) is 5.16.